The maximum Gasteiger partial charge on any atom is 0.119 e. The molecule has 1 aromatic carbocycles. The minimum Gasteiger partial charge on any atom is -0.494 e. The summed E-state index contributed by atoms with van der Waals surface area (Å²) in [7, 11) is 0. The van der Waals surface area contributed by atoms with E-state index in [1.807, 2.05) is 0 Å². The first-order valence-corrected chi connectivity index (χ1v) is 13.1. The lowest BCUT2D eigenvalue weighted by molar-refractivity contribution is 0.148. The van der Waals surface area contributed by atoms with Crippen LogP contribution in [0.3, 0.4) is 0 Å². The van der Waals surface area contributed by atoms with E-state index in [9.17, 15) is 0 Å². The minimum atomic E-state index is 0.700. The lowest BCUT2D eigenvalue weighted by Gasteiger charge is -2.34. The molecule has 2 heterocycles. The number of fused-ring (bicyclic) bond motifs is 1. The summed E-state index contributed by atoms with van der Waals surface area (Å²) < 4.78 is 6.08. The molecule has 0 bridgehead atoms. The summed E-state index contributed by atoms with van der Waals surface area (Å²) in [5, 5.41) is 3.67. The van der Waals surface area contributed by atoms with Gasteiger partial charge in [0.15, 0.2) is 0 Å². The first-order chi connectivity index (χ1) is 15.2. The topological polar surface area (TPSA) is 27.7 Å². The van der Waals surface area contributed by atoms with Crippen molar-refractivity contribution in [2.75, 3.05) is 52.4 Å². The molecule has 1 N–H and O–H groups in total. The second-order valence-electron chi connectivity index (χ2n) is 10.5. The van der Waals surface area contributed by atoms with Gasteiger partial charge in [0.2, 0.25) is 0 Å². The summed E-state index contributed by atoms with van der Waals surface area (Å²) in [6.45, 7) is 14.2. The predicted molar refractivity (Wildman–Crippen MR) is 130 cm³/mol. The van der Waals surface area contributed by atoms with Gasteiger partial charge in [0.25, 0.3) is 0 Å². The molecule has 1 atom stereocenters. The van der Waals surface area contributed by atoms with Crippen molar-refractivity contribution < 1.29 is 4.74 Å². The van der Waals surface area contributed by atoms with Gasteiger partial charge in [0, 0.05) is 12.6 Å². The Morgan fingerprint density at radius 1 is 1.00 bits per heavy atom. The molecule has 2 fully saturated rings. The summed E-state index contributed by atoms with van der Waals surface area (Å²) in [5.74, 6) is 2.77. The van der Waals surface area contributed by atoms with Crippen LogP contribution in [0, 0.1) is 11.8 Å². The Balaban J connectivity index is 1.09. The van der Waals surface area contributed by atoms with E-state index in [0.717, 1.165) is 37.2 Å². The molecule has 4 nitrogen and oxygen atoms in total. The highest BCUT2D eigenvalue weighted by Crippen LogP contribution is 2.30. The van der Waals surface area contributed by atoms with E-state index in [1.165, 1.54) is 89.8 Å². The summed E-state index contributed by atoms with van der Waals surface area (Å²) >= 11 is 0. The molecular formula is C27H45N3O. The SMILES string of the molecule is CC(C)N1CCC(CNCCCOc2ccc3c(c2)CCC(CN2CCCC2)C3)CC1. The smallest absolute Gasteiger partial charge is 0.119 e. The van der Waals surface area contributed by atoms with Crippen molar-refractivity contribution in [3.8, 4) is 5.75 Å². The molecule has 0 amide bonds. The van der Waals surface area contributed by atoms with E-state index in [0.29, 0.717) is 6.04 Å². The van der Waals surface area contributed by atoms with E-state index in [4.69, 9.17) is 4.74 Å². The van der Waals surface area contributed by atoms with E-state index in [2.05, 4.69) is 47.2 Å². The second kappa shape index (κ2) is 11.7. The molecular weight excluding hydrogens is 382 g/mol. The fraction of sp³-hybridized carbons (Fsp3) is 0.778. The standard InChI is InChI=1S/C27H45N3O/c1-22(2)30-15-10-23(11-16-30)20-28-12-5-17-31-27-9-8-25-18-24(6-7-26(25)19-27)21-29-13-3-4-14-29/h8-9,19,22-24,28H,3-7,10-18,20-21H2,1-2H3. The summed E-state index contributed by atoms with van der Waals surface area (Å²) in [6.07, 6.45) is 10.4. The van der Waals surface area contributed by atoms with Gasteiger partial charge in [-0.25, -0.2) is 0 Å². The van der Waals surface area contributed by atoms with Crippen molar-refractivity contribution in [1.82, 2.24) is 15.1 Å². The number of rotatable bonds is 10. The zero-order chi connectivity index (χ0) is 21.5. The van der Waals surface area contributed by atoms with Crippen LogP contribution in [-0.2, 0) is 12.8 Å². The third kappa shape index (κ3) is 6.94. The molecule has 174 valence electrons. The zero-order valence-electron chi connectivity index (χ0n) is 20.1. The van der Waals surface area contributed by atoms with E-state index < -0.39 is 0 Å². The molecule has 0 aromatic heterocycles. The first-order valence-electron chi connectivity index (χ1n) is 13.1. The van der Waals surface area contributed by atoms with Crippen molar-refractivity contribution in [2.24, 2.45) is 11.8 Å². The van der Waals surface area contributed by atoms with E-state index >= 15 is 0 Å². The lowest BCUT2D eigenvalue weighted by Crippen LogP contribution is -2.40. The average Bonchev–Trinajstić information content (AvgIpc) is 3.29. The highest BCUT2D eigenvalue weighted by molar-refractivity contribution is 5.37. The molecule has 1 unspecified atom stereocenters. The van der Waals surface area contributed by atoms with Gasteiger partial charge >= 0.3 is 0 Å². The third-order valence-electron chi connectivity index (χ3n) is 7.80. The van der Waals surface area contributed by atoms with Crippen molar-refractivity contribution in [3.63, 3.8) is 0 Å². The number of hydrogen-bond acceptors (Lipinski definition) is 4. The van der Waals surface area contributed by atoms with Gasteiger partial charge in [0.1, 0.15) is 5.75 Å². The van der Waals surface area contributed by atoms with E-state index in [1.54, 1.807) is 5.56 Å². The Morgan fingerprint density at radius 2 is 1.81 bits per heavy atom. The highest BCUT2D eigenvalue weighted by Gasteiger charge is 2.23. The third-order valence-corrected chi connectivity index (χ3v) is 7.80. The second-order valence-corrected chi connectivity index (χ2v) is 10.5. The van der Waals surface area contributed by atoms with Gasteiger partial charge < -0.3 is 19.9 Å². The summed E-state index contributed by atoms with van der Waals surface area (Å²) in [5.41, 5.74) is 3.09. The number of likely N-dealkylation sites (tertiary alicyclic amines) is 2. The summed E-state index contributed by atoms with van der Waals surface area (Å²) in [6, 6.07) is 7.55. The highest BCUT2D eigenvalue weighted by atomic mass is 16.5. The van der Waals surface area contributed by atoms with Crippen LogP contribution in [0.5, 0.6) is 5.75 Å². The van der Waals surface area contributed by atoms with Crippen molar-refractivity contribution in [3.05, 3.63) is 29.3 Å². The van der Waals surface area contributed by atoms with E-state index in [-0.39, 0.29) is 0 Å². The predicted octanol–water partition coefficient (Wildman–Crippen LogP) is 4.37. The maximum atomic E-state index is 6.08. The van der Waals surface area contributed by atoms with Crippen LogP contribution in [0.15, 0.2) is 18.2 Å². The number of nitrogens with zero attached hydrogens (tertiary/aromatic N) is 2. The number of nitrogens with one attached hydrogen (secondary N) is 1. The number of ether oxygens (including phenoxy) is 1. The van der Waals surface area contributed by atoms with Gasteiger partial charge in [0.05, 0.1) is 6.61 Å². The molecule has 0 spiro atoms. The Hall–Kier alpha value is -1.10. The quantitative estimate of drug-likeness (QED) is 0.561. The molecule has 1 aromatic rings. The number of piperidine rings is 1. The molecule has 0 saturated carbocycles. The van der Waals surface area contributed by atoms with Crippen LogP contribution in [0.25, 0.3) is 0 Å². The molecule has 1 aliphatic carbocycles. The van der Waals surface area contributed by atoms with Gasteiger partial charge in [-0.3, -0.25) is 0 Å². The maximum absolute atomic E-state index is 6.08. The Bertz CT molecular complexity index is 662. The Morgan fingerprint density at radius 3 is 2.58 bits per heavy atom. The summed E-state index contributed by atoms with van der Waals surface area (Å²) in [4.78, 5) is 5.28. The lowest BCUT2D eigenvalue weighted by atomic mass is 9.83. The molecule has 31 heavy (non-hydrogen) atoms. The van der Waals surface area contributed by atoms with Gasteiger partial charge in [-0.1, -0.05) is 6.07 Å². The van der Waals surface area contributed by atoms with Crippen LogP contribution in [-0.4, -0.2) is 68.3 Å². The monoisotopic (exact) mass is 427 g/mol. The number of hydrogen-bond donors (Lipinski definition) is 1. The number of benzene rings is 1. The van der Waals surface area contributed by atoms with Crippen molar-refractivity contribution in [2.45, 2.75) is 71.3 Å². The van der Waals surface area contributed by atoms with Crippen molar-refractivity contribution >= 4 is 0 Å². The fourth-order valence-electron chi connectivity index (χ4n) is 5.75. The fourth-order valence-corrected chi connectivity index (χ4v) is 5.75. The molecule has 4 rings (SSSR count). The molecule has 2 aliphatic heterocycles. The molecule has 4 heteroatoms. The first kappa shape index (κ1) is 23.1. The van der Waals surface area contributed by atoms with Crippen molar-refractivity contribution in [1.29, 1.82) is 0 Å². The van der Waals surface area contributed by atoms with Crippen LogP contribution < -0.4 is 10.1 Å². The minimum absolute atomic E-state index is 0.700. The van der Waals surface area contributed by atoms with Crippen LogP contribution in [0.4, 0.5) is 0 Å². The van der Waals surface area contributed by atoms with Crippen LogP contribution >= 0.6 is 0 Å². The molecule has 0 radical (unpaired) electrons. The van der Waals surface area contributed by atoms with Crippen LogP contribution in [0.2, 0.25) is 0 Å². The van der Waals surface area contributed by atoms with Gasteiger partial charge in [-0.15, -0.1) is 0 Å². The van der Waals surface area contributed by atoms with Gasteiger partial charge in [-0.2, -0.15) is 0 Å². The largest absolute Gasteiger partial charge is 0.494 e. The average molecular weight is 428 g/mol. The Labute approximate surface area is 190 Å². The molecule has 2 saturated heterocycles. The van der Waals surface area contributed by atoms with Crippen LogP contribution in [0.1, 0.15) is 63.5 Å². The number of aryl methyl sites for hydroxylation is 1. The van der Waals surface area contributed by atoms with Gasteiger partial charge in [-0.05, 0) is 140 Å². The Kier molecular flexibility index (Phi) is 8.69. The normalized spacial score (nSPS) is 23.4. The zero-order valence-corrected chi connectivity index (χ0v) is 20.1. The molecule has 3 aliphatic rings.